The van der Waals surface area contributed by atoms with Gasteiger partial charge in [-0.1, -0.05) is 0 Å². The molecular weight excluding hydrogens is 418 g/mol. The molecule has 0 spiro atoms. The van der Waals surface area contributed by atoms with E-state index in [0.717, 1.165) is 34.5 Å². The molecule has 0 radical (unpaired) electrons. The molecule has 3 rings (SSSR count). The molecule has 2 unspecified atom stereocenters. The number of pyridine rings is 1. The average Bonchev–Trinajstić information content (AvgIpc) is 3.20. The molecule has 140 valence electrons. The fraction of sp³-hybridized carbons (Fsp3) is 0.471. The molecular formula is C17H22BrN5O2S. The van der Waals surface area contributed by atoms with E-state index in [-0.39, 0.29) is 12.3 Å². The second-order valence-electron chi connectivity index (χ2n) is 6.46. The molecule has 2 aromatic rings. The molecule has 1 aliphatic rings. The highest BCUT2D eigenvalue weighted by atomic mass is 79.9. The van der Waals surface area contributed by atoms with Gasteiger partial charge < -0.3 is 14.8 Å². The lowest BCUT2D eigenvalue weighted by molar-refractivity contribution is -0.116. The average molecular weight is 440 g/mol. The van der Waals surface area contributed by atoms with Crippen LogP contribution in [0.2, 0.25) is 0 Å². The minimum atomic E-state index is -0.222. The summed E-state index contributed by atoms with van der Waals surface area (Å²) in [4.78, 5) is 24.2. The number of likely N-dealkylation sites (N-methyl/N-ethyl adjacent to an activating group) is 1. The van der Waals surface area contributed by atoms with E-state index in [1.54, 1.807) is 6.20 Å². The molecule has 0 saturated carbocycles. The highest BCUT2D eigenvalue weighted by Gasteiger charge is 2.31. The number of carbonyl (C=O) groups excluding carboxylic acids is 1. The van der Waals surface area contributed by atoms with E-state index < -0.39 is 0 Å². The molecule has 2 atom stereocenters. The molecule has 9 heteroatoms. The first-order chi connectivity index (χ1) is 12.5. The number of hydrogen-bond acceptors (Lipinski definition) is 8. The maximum absolute atomic E-state index is 11.3. The van der Waals surface area contributed by atoms with Crippen molar-refractivity contribution < 1.29 is 9.53 Å². The Morgan fingerprint density at radius 3 is 3.00 bits per heavy atom. The fourth-order valence-corrected chi connectivity index (χ4v) is 3.92. The van der Waals surface area contributed by atoms with E-state index in [1.807, 2.05) is 37.4 Å². The molecule has 1 aliphatic heterocycles. The van der Waals surface area contributed by atoms with Crippen LogP contribution in [0.5, 0.6) is 5.75 Å². The van der Waals surface area contributed by atoms with Gasteiger partial charge in [0.1, 0.15) is 12.3 Å². The van der Waals surface area contributed by atoms with Gasteiger partial charge in [0.2, 0.25) is 0 Å². The van der Waals surface area contributed by atoms with E-state index in [9.17, 15) is 4.79 Å². The minimum absolute atomic E-state index is 0.00656. The van der Waals surface area contributed by atoms with Gasteiger partial charge in [0.15, 0.2) is 23.0 Å². The van der Waals surface area contributed by atoms with Gasteiger partial charge in [0, 0.05) is 29.1 Å². The maximum atomic E-state index is 11.3. The SMILES string of the molecule is Cc1csc(Nc2ncc(Br)cc2OC2CCN(C(C=O)N(C)C)C2)n1. The zero-order valence-electron chi connectivity index (χ0n) is 15.0. The van der Waals surface area contributed by atoms with Crippen molar-refractivity contribution in [3.63, 3.8) is 0 Å². The summed E-state index contributed by atoms with van der Waals surface area (Å²) >= 11 is 4.98. The van der Waals surface area contributed by atoms with Crippen LogP contribution in [0.3, 0.4) is 0 Å². The van der Waals surface area contributed by atoms with Crippen LogP contribution in [0.4, 0.5) is 10.9 Å². The molecule has 1 saturated heterocycles. The van der Waals surface area contributed by atoms with Crippen molar-refractivity contribution in [1.29, 1.82) is 0 Å². The van der Waals surface area contributed by atoms with Crippen LogP contribution < -0.4 is 10.1 Å². The van der Waals surface area contributed by atoms with Crippen LogP contribution in [0, 0.1) is 6.92 Å². The molecule has 1 fully saturated rings. The van der Waals surface area contributed by atoms with Gasteiger partial charge >= 0.3 is 0 Å². The lowest BCUT2D eigenvalue weighted by Gasteiger charge is -2.28. The Morgan fingerprint density at radius 1 is 1.54 bits per heavy atom. The van der Waals surface area contributed by atoms with Crippen molar-refractivity contribution in [3.05, 3.63) is 27.8 Å². The van der Waals surface area contributed by atoms with E-state index in [0.29, 0.717) is 18.1 Å². The zero-order chi connectivity index (χ0) is 18.7. The number of nitrogens with one attached hydrogen (secondary N) is 1. The van der Waals surface area contributed by atoms with E-state index in [2.05, 4.69) is 36.1 Å². The number of halogens is 1. The number of aromatic nitrogens is 2. The van der Waals surface area contributed by atoms with Crippen molar-refractivity contribution in [3.8, 4) is 5.75 Å². The van der Waals surface area contributed by atoms with Gasteiger partial charge in [0.05, 0.1) is 5.69 Å². The lowest BCUT2D eigenvalue weighted by Crippen LogP contribution is -2.45. The molecule has 0 amide bonds. The summed E-state index contributed by atoms with van der Waals surface area (Å²) in [5.74, 6) is 1.31. The van der Waals surface area contributed by atoms with Crippen LogP contribution >= 0.6 is 27.3 Å². The van der Waals surface area contributed by atoms with Crippen LogP contribution in [0.15, 0.2) is 22.1 Å². The van der Waals surface area contributed by atoms with Crippen LogP contribution in [0.1, 0.15) is 12.1 Å². The molecule has 0 aromatic carbocycles. The van der Waals surface area contributed by atoms with Crippen LogP contribution in [0.25, 0.3) is 0 Å². The van der Waals surface area contributed by atoms with Crippen molar-refractivity contribution in [2.45, 2.75) is 25.6 Å². The number of aryl methyl sites for hydroxylation is 1. The second-order valence-corrected chi connectivity index (χ2v) is 8.23. The Hall–Kier alpha value is -1.55. The number of carbonyl (C=O) groups is 1. The molecule has 7 nitrogen and oxygen atoms in total. The van der Waals surface area contributed by atoms with Crippen molar-refractivity contribution in [1.82, 2.24) is 19.8 Å². The Labute approximate surface area is 165 Å². The fourth-order valence-electron chi connectivity index (χ4n) is 2.92. The summed E-state index contributed by atoms with van der Waals surface area (Å²) in [6.45, 7) is 3.47. The summed E-state index contributed by atoms with van der Waals surface area (Å²) in [6, 6.07) is 1.90. The Kier molecular flexibility index (Phi) is 6.23. The number of aldehydes is 1. The second kappa shape index (κ2) is 8.43. The molecule has 3 heterocycles. The quantitative estimate of drug-likeness (QED) is 0.664. The number of hydrogen-bond donors (Lipinski definition) is 1. The Balaban J connectivity index is 1.71. The third-order valence-electron chi connectivity index (χ3n) is 4.16. The smallest absolute Gasteiger partial charge is 0.188 e. The predicted octanol–water partition coefficient (Wildman–Crippen LogP) is 2.89. The topological polar surface area (TPSA) is 70.6 Å². The summed E-state index contributed by atoms with van der Waals surface area (Å²) in [7, 11) is 3.81. The van der Waals surface area contributed by atoms with Crippen molar-refractivity contribution >= 4 is 44.5 Å². The number of nitrogens with zero attached hydrogens (tertiary/aromatic N) is 4. The normalized spacial score (nSPS) is 18.9. The van der Waals surface area contributed by atoms with Gasteiger partial charge in [-0.15, -0.1) is 11.3 Å². The number of likely N-dealkylation sites (tertiary alicyclic amines) is 1. The molecule has 0 aliphatic carbocycles. The zero-order valence-corrected chi connectivity index (χ0v) is 17.4. The lowest BCUT2D eigenvalue weighted by atomic mass is 10.3. The third kappa shape index (κ3) is 4.59. The van der Waals surface area contributed by atoms with E-state index in [1.165, 1.54) is 11.3 Å². The number of rotatable bonds is 7. The van der Waals surface area contributed by atoms with Gasteiger partial charge in [-0.3, -0.25) is 9.80 Å². The molecule has 2 aromatic heterocycles. The summed E-state index contributed by atoms with van der Waals surface area (Å²) in [5, 5.41) is 6.00. The minimum Gasteiger partial charge on any atom is -0.485 e. The Bertz CT molecular complexity index is 769. The van der Waals surface area contributed by atoms with Gasteiger partial charge in [-0.25, -0.2) is 9.97 Å². The highest BCUT2D eigenvalue weighted by Crippen LogP contribution is 2.31. The predicted molar refractivity (Wildman–Crippen MR) is 106 cm³/mol. The molecule has 0 bridgehead atoms. The first-order valence-electron chi connectivity index (χ1n) is 8.33. The standard InChI is InChI=1S/C17H22BrN5O2S/c1-11-10-26-17(20-11)21-16-14(6-12(18)7-19-16)25-13-4-5-23(8-13)15(9-24)22(2)3/h6-7,9-10,13,15H,4-5,8H2,1-3H3,(H,19,20,21). The van der Waals surface area contributed by atoms with Crippen molar-refractivity contribution in [2.24, 2.45) is 0 Å². The summed E-state index contributed by atoms with van der Waals surface area (Å²) < 4.78 is 7.07. The first-order valence-corrected chi connectivity index (χ1v) is 10.0. The molecule has 26 heavy (non-hydrogen) atoms. The number of ether oxygens (including phenoxy) is 1. The van der Waals surface area contributed by atoms with Crippen LogP contribution in [-0.4, -0.2) is 65.5 Å². The largest absolute Gasteiger partial charge is 0.485 e. The Morgan fingerprint density at radius 2 is 2.35 bits per heavy atom. The van der Waals surface area contributed by atoms with E-state index in [4.69, 9.17) is 4.74 Å². The monoisotopic (exact) mass is 439 g/mol. The highest BCUT2D eigenvalue weighted by molar-refractivity contribution is 9.10. The summed E-state index contributed by atoms with van der Waals surface area (Å²) in [6.07, 6.45) is 3.35. The van der Waals surface area contributed by atoms with Crippen LogP contribution in [-0.2, 0) is 4.79 Å². The third-order valence-corrected chi connectivity index (χ3v) is 5.47. The van der Waals surface area contributed by atoms with E-state index >= 15 is 0 Å². The molecule has 1 N–H and O–H groups in total. The maximum Gasteiger partial charge on any atom is 0.188 e. The van der Waals surface area contributed by atoms with Gasteiger partial charge in [-0.05, 0) is 49.4 Å². The first kappa shape index (κ1) is 19.2. The summed E-state index contributed by atoms with van der Waals surface area (Å²) in [5.41, 5.74) is 0.965. The van der Waals surface area contributed by atoms with Gasteiger partial charge in [0.25, 0.3) is 0 Å². The number of anilines is 2. The van der Waals surface area contributed by atoms with Gasteiger partial charge in [-0.2, -0.15) is 0 Å². The number of thiazole rings is 1. The van der Waals surface area contributed by atoms with Crippen molar-refractivity contribution in [2.75, 3.05) is 32.5 Å².